The first-order chi connectivity index (χ1) is 8.88. The summed E-state index contributed by atoms with van der Waals surface area (Å²) in [6.45, 7) is 5.94. The number of hydrogen-bond donors (Lipinski definition) is 1. The molecule has 1 N–H and O–H groups in total. The topological polar surface area (TPSA) is 28.2 Å². The Kier molecular flexibility index (Phi) is 5.26. The molecule has 2 aromatic rings. The van der Waals surface area contributed by atoms with Gasteiger partial charge in [-0.3, -0.25) is 4.90 Å². The number of halogens is 2. The summed E-state index contributed by atoms with van der Waals surface area (Å²) in [6.07, 6.45) is 0. The summed E-state index contributed by atoms with van der Waals surface area (Å²) in [7, 11) is 0. The van der Waals surface area contributed by atoms with Crippen molar-refractivity contribution in [1.82, 2.24) is 15.2 Å². The first kappa shape index (κ1) is 16.0. The average molecular weight is 332 g/mol. The quantitative estimate of drug-likeness (QED) is 0.917. The second kappa shape index (κ2) is 6.58. The SMILES string of the molecule is Cl.Cl.c1ccc2sc(CN3C[C@H]4CNC[C@H]4C3)nc2c1. The molecule has 2 aliphatic rings. The number of thiazole rings is 1. The largest absolute Gasteiger partial charge is 0.316 e. The van der Waals surface area contributed by atoms with Crippen molar-refractivity contribution in [2.24, 2.45) is 11.8 Å². The molecule has 0 saturated carbocycles. The monoisotopic (exact) mass is 331 g/mol. The Morgan fingerprint density at radius 2 is 1.85 bits per heavy atom. The van der Waals surface area contributed by atoms with Crippen LogP contribution in [0.2, 0.25) is 0 Å². The van der Waals surface area contributed by atoms with E-state index in [1.807, 2.05) is 11.3 Å². The summed E-state index contributed by atoms with van der Waals surface area (Å²) in [4.78, 5) is 7.31. The van der Waals surface area contributed by atoms with Gasteiger partial charge in [-0.1, -0.05) is 12.1 Å². The van der Waals surface area contributed by atoms with Gasteiger partial charge in [-0.2, -0.15) is 0 Å². The first-order valence-electron chi connectivity index (χ1n) is 6.66. The van der Waals surface area contributed by atoms with Crippen molar-refractivity contribution in [3.05, 3.63) is 29.3 Å². The summed E-state index contributed by atoms with van der Waals surface area (Å²) >= 11 is 1.84. The highest BCUT2D eigenvalue weighted by molar-refractivity contribution is 7.18. The summed E-state index contributed by atoms with van der Waals surface area (Å²) in [5, 5.41) is 4.76. The average Bonchev–Trinajstić information content (AvgIpc) is 3.01. The van der Waals surface area contributed by atoms with Crippen molar-refractivity contribution in [2.75, 3.05) is 26.2 Å². The summed E-state index contributed by atoms with van der Waals surface area (Å²) in [5.41, 5.74) is 1.15. The predicted molar refractivity (Wildman–Crippen MR) is 89.2 cm³/mol. The number of hydrogen-bond acceptors (Lipinski definition) is 4. The highest BCUT2D eigenvalue weighted by atomic mass is 35.5. The molecule has 0 bridgehead atoms. The normalized spacial score (nSPS) is 25.2. The van der Waals surface area contributed by atoms with E-state index in [-0.39, 0.29) is 24.8 Å². The van der Waals surface area contributed by atoms with Gasteiger partial charge >= 0.3 is 0 Å². The molecule has 1 aromatic heterocycles. The zero-order chi connectivity index (χ0) is 11.9. The third kappa shape index (κ3) is 2.95. The lowest BCUT2D eigenvalue weighted by Crippen LogP contribution is -2.25. The number of nitrogens with zero attached hydrogens (tertiary/aromatic N) is 2. The highest BCUT2D eigenvalue weighted by Crippen LogP contribution is 2.29. The molecule has 3 heterocycles. The van der Waals surface area contributed by atoms with Gasteiger partial charge < -0.3 is 5.32 Å². The molecule has 2 atom stereocenters. The van der Waals surface area contributed by atoms with E-state index < -0.39 is 0 Å². The van der Waals surface area contributed by atoms with Gasteiger partial charge in [0.15, 0.2) is 0 Å². The van der Waals surface area contributed by atoms with Crippen LogP contribution in [-0.4, -0.2) is 36.1 Å². The van der Waals surface area contributed by atoms with E-state index in [4.69, 9.17) is 4.98 Å². The van der Waals surface area contributed by atoms with Gasteiger partial charge in [0.1, 0.15) is 5.01 Å². The molecular formula is C14H19Cl2N3S. The van der Waals surface area contributed by atoms with Crippen LogP contribution in [0, 0.1) is 11.8 Å². The van der Waals surface area contributed by atoms with Crippen LogP contribution in [0.15, 0.2) is 24.3 Å². The van der Waals surface area contributed by atoms with Crippen LogP contribution in [0.25, 0.3) is 10.2 Å². The van der Waals surface area contributed by atoms with Crippen molar-refractivity contribution in [3.63, 3.8) is 0 Å². The molecule has 0 unspecified atom stereocenters. The Morgan fingerprint density at radius 1 is 1.15 bits per heavy atom. The maximum atomic E-state index is 4.73. The molecule has 6 heteroatoms. The van der Waals surface area contributed by atoms with Crippen LogP contribution in [0.3, 0.4) is 0 Å². The molecule has 1 aromatic carbocycles. The number of aromatic nitrogens is 1. The lowest BCUT2D eigenvalue weighted by molar-refractivity contribution is 0.305. The lowest BCUT2D eigenvalue weighted by atomic mass is 10.0. The fraction of sp³-hybridized carbons (Fsp3) is 0.500. The second-order valence-corrected chi connectivity index (χ2v) is 6.56. The van der Waals surface area contributed by atoms with Crippen LogP contribution >= 0.6 is 36.2 Å². The summed E-state index contributed by atoms with van der Waals surface area (Å²) in [5.74, 6) is 1.75. The highest BCUT2D eigenvalue weighted by Gasteiger charge is 2.36. The minimum absolute atomic E-state index is 0. The van der Waals surface area contributed by atoms with E-state index in [0.717, 1.165) is 23.9 Å². The van der Waals surface area contributed by atoms with E-state index in [1.54, 1.807) is 0 Å². The third-order valence-corrected chi connectivity index (χ3v) is 5.18. The molecule has 0 amide bonds. The number of likely N-dealkylation sites (tertiary alicyclic amines) is 1. The number of rotatable bonds is 2. The molecule has 4 rings (SSSR count). The molecular weight excluding hydrogens is 313 g/mol. The van der Waals surface area contributed by atoms with Gasteiger partial charge in [0, 0.05) is 13.1 Å². The first-order valence-corrected chi connectivity index (χ1v) is 7.47. The van der Waals surface area contributed by atoms with Crippen molar-refractivity contribution in [3.8, 4) is 0 Å². The maximum absolute atomic E-state index is 4.73. The number of benzene rings is 1. The van der Waals surface area contributed by atoms with Gasteiger partial charge in [-0.15, -0.1) is 36.2 Å². The Labute approximate surface area is 135 Å². The third-order valence-electron chi connectivity index (χ3n) is 4.16. The molecule has 2 saturated heterocycles. The van der Waals surface area contributed by atoms with Crippen LogP contribution in [-0.2, 0) is 6.54 Å². The molecule has 2 fully saturated rings. The summed E-state index contributed by atoms with van der Waals surface area (Å²) < 4.78 is 1.31. The zero-order valence-electron chi connectivity index (χ0n) is 11.1. The van der Waals surface area contributed by atoms with E-state index in [2.05, 4.69) is 34.5 Å². The molecule has 110 valence electrons. The smallest absolute Gasteiger partial charge is 0.108 e. The van der Waals surface area contributed by atoms with E-state index in [1.165, 1.54) is 35.9 Å². The van der Waals surface area contributed by atoms with Crippen molar-refractivity contribution in [2.45, 2.75) is 6.54 Å². The number of nitrogens with one attached hydrogen (secondary N) is 1. The molecule has 0 radical (unpaired) electrons. The van der Waals surface area contributed by atoms with Gasteiger partial charge in [-0.25, -0.2) is 4.98 Å². The molecule has 0 aliphatic carbocycles. The van der Waals surface area contributed by atoms with Crippen LogP contribution in [0.5, 0.6) is 0 Å². The Balaban J connectivity index is 0.000000735. The fourth-order valence-corrected chi connectivity index (χ4v) is 4.27. The maximum Gasteiger partial charge on any atom is 0.108 e. The molecule has 3 nitrogen and oxygen atoms in total. The Morgan fingerprint density at radius 3 is 2.55 bits per heavy atom. The Hall–Kier alpha value is -0.390. The van der Waals surface area contributed by atoms with E-state index in [0.29, 0.717) is 0 Å². The minimum atomic E-state index is 0. The van der Waals surface area contributed by atoms with Crippen LogP contribution in [0.4, 0.5) is 0 Å². The lowest BCUT2D eigenvalue weighted by Gasteiger charge is -2.14. The second-order valence-electron chi connectivity index (χ2n) is 5.45. The van der Waals surface area contributed by atoms with Gasteiger partial charge in [-0.05, 0) is 37.1 Å². The van der Waals surface area contributed by atoms with Crippen LogP contribution < -0.4 is 5.32 Å². The van der Waals surface area contributed by atoms with Gasteiger partial charge in [0.05, 0.1) is 16.8 Å². The Bertz CT molecular complexity index is 529. The standard InChI is InChI=1S/C14H17N3S.2ClH/c1-2-4-13-12(3-1)16-14(18-13)9-17-7-10-5-15-6-11(10)8-17;;/h1-4,10-11,15H,5-9H2;2*1H/t10-,11+;;. The van der Waals surface area contributed by atoms with E-state index >= 15 is 0 Å². The van der Waals surface area contributed by atoms with Crippen LogP contribution in [0.1, 0.15) is 5.01 Å². The van der Waals surface area contributed by atoms with Crippen molar-refractivity contribution in [1.29, 1.82) is 0 Å². The van der Waals surface area contributed by atoms with Crippen molar-refractivity contribution >= 4 is 46.4 Å². The van der Waals surface area contributed by atoms with E-state index in [9.17, 15) is 0 Å². The van der Waals surface area contributed by atoms with Crippen molar-refractivity contribution < 1.29 is 0 Å². The number of fused-ring (bicyclic) bond motifs is 2. The molecule has 0 spiro atoms. The zero-order valence-corrected chi connectivity index (χ0v) is 13.6. The summed E-state index contributed by atoms with van der Waals surface area (Å²) in [6, 6.07) is 8.44. The molecule has 20 heavy (non-hydrogen) atoms. The predicted octanol–water partition coefficient (Wildman–Crippen LogP) is 2.79. The number of para-hydroxylation sites is 1. The fourth-order valence-electron chi connectivity index (χ4n) is 3.26. The van der Waals surface area contributed by atoms with Gasteiger partial charge in [0.2, 0.25) is 0 Å². The minimum Gasteiger partial charge on any atom is -0.316 e. The molecule has 2 aliphatic heterocycles. The van der Waals surface area contributed by atoms with Gasteiger partial charge in [0.25, 0.3) is 0 Å².